The molecule has 0 fully saturated rings. The zero-order valence-corrected chi connectivity index (χ0v) is 20.3. The van der Waals surface area contributed by atoms with Gasteiger partial charge in [0.25, 0.3) is 5.91 Å². The van der Waals surface area contributed by atoms with Crippen LogP contribution in [0, 0.1) is 0 Å². The van der Waals surface area contributed by atoms with E-state index in [1.165, 1.54) is 52.9 Å². The van der Waals surface area contributed by atoms with Crippen LogP contribution in [-0.4, -0.2) is 46.5 Å². The van der Waals surface area contributed by atoms with E-state index in [9.17, 15) is 9.59 Å². The lowest BCUT2D eigenvalue weighted by atomic mass is 10.1. The molecule has 9 heteroatoms. The summed E-state index contributed by atoms with van der Waals surface area (Å²) >= 11 is 0. The number of hydrazone groups is 1. The highest BCUT2D eigenvalue weighted by atomic mass is 16.6. The van der Waals surface area contributed by atoms with E-state index < -0.39 is 11.9 Å². The molecule has 0 radical (unpaired) electrons. The van der Waals surface area contributed by atoms with Crippen molar-refractivity contribution in [3.05, 3.63) is 83.4 Å². The van der Waals surface area contributed by atoms with Crippen LogP contribution < -0.4 is 29.1 Å². The number of rotatable bonds is 10. The first kappa shape index (κ1) is 25.8. The molecule has 36 heavy (non-hydrogen) atoms. The van der Waals surface area contributed by atoms with Crippen LogP contribution in [-0.2, 0) is 4.79 Å². The van der Waals surface area contributed by atoms with Gasteiger partial charge in [0.15, 0.2) is 23.0 Å². The van der Waals surface area contributed by atoms with Crippen molar-refractivity contribution in [2.75, 3.05) is 28.4 Å². The summed E-state index contributed by atoms with van der Waals surface area (Å²) in [6, 6.07) is 17.3. The molecule has 0 saturated heterocycles. The standard InChI is InChI=1S/C27H26N2O7/c1-32-22-14-19(10-12-21(22)36-25(30)13-11-18-8-6-5-7-9-18)17-28-29-27(31)20-15-23(33-2)26(35-4)24(16-20)34-3/h5-17H,1-4H3,(H,29,31). The average Bonchev–Trinajstić information content (AvgIpc) is 2.92. The number of benzene rings is 3. The summed E-state index contributed by atoms with van der Waals surface area (Å²) in [4.78, 5) is 24.8. The van der Waals surface area contributed by atoms with Crippen molar-refractivity contribution < 1.29 is 33.3 Å². The molecule has 9 nitrogen and oxygen atoms in total. The second-order valence-electron chi connectivity index (χ2n) is 7.19. The fraction of sp³-hybridized carbons (Fsp3) is 0.148. The van der Waals surface area contributed by atoms with E-state index in [2.05, 4.69) is 10.5 Å². The van der Waals surface area contributed by atoms with Gasteiger partial charge in [-0.1, -0.05) is 30.3 Å². The lowest BCUT2D eigenvalue weighted by Gasteiger charge is -2.13. The minimum absolute atomic E-state index is 0.249. The van der Waals surface area contributed by atoms with Crippen LogP contribution in [0.5, 0.6) is 28.7 Å². The van der Waals surface area contributed by atoms with E-state index in [0.29, 0.717) is 28.6 Å². The summed E-state index contributed by atoms with van der Waals surface area (Å²) in [6.07, 6.45) is 4.43. The van der Waals surface area contributed by atoms with Crippen LogP contribution in [0.15, 0.2) is 71.8 Å². The number of methoxy groups -OCH3 is 4. The average molecular weight is 491 g/mol. The number of esters is 1. The Hall–Kier alpha value is -4.79. The summed E-state index contributed by atoms with van der Waals surface area (Å²) in [5.41, 5.74) is 4.20. The summed E-state index contributed by atoms with van der Waals surface area (Å²) < 4.78 is 26.5. The number of hydrogen-bond acceptors (Lipinski definition) is 8. The first-order valence-corrected chi connectivity index (χ1v) is 10.8. The molecule has 3 aromatic rings. The number of ether oxygens (including phenoxy) is 5. The van der Waals surface area contributed by atoms with Crippen molar-refractivity contribution in [2.45, 2.75) is 0 Å². The highest BCUT2D eigenvalue weighted by Crippen LogP contribution is 2.38. The second-order valence-corrected chi connectivity index (χ2v) is 7.19. The first-order chi connectivity index (χ1) is 17.5. The minimum Gasteiger partial charge on any atom is -0.493 e. The second kappa shape index (κ2) is 12.6. The molecule has 0 aliphatic heterocycles. The predicted octanol–water partition coefficient (Wildman–Crippen LogP) is 4.10. The number of carbonyl (C=O) groups excluding carboxylic acids is 2. The van der Waals surface area contributed by atoms with Gasteiger partial charge >= 0.3 is 5.97 Å². The van der Waals surface area contributed by atoms with Crippen molar-refractivity contribution in [1.82, 2.24) is 5.43 Å². The van der Waals surface area contributed by atoms with E-state index >= 15 is 0 Å². The molecule has 186 valence electrons. The Bertz CT molecular complexity index is 1250. The van der Waals surface area contributed by atoms with Crippen molar-refractivity contribution in [2.24, 2.45) is 5.10 Å². The van der Waals surface area contributed by atoms with Gasteiger partial charge in [0.2, 0.25) is 5.75 Å². The van der Waals surface area contributed by atoms with E-state index in [4.69, 9.17) is 23.7 Å². The quantitative estimate of drug-likeness (QED) is 0.150. The topological polar surface area (TPSA) is 105 Å². The van der Waals surface area contributed by atoms with Crippen molar-refractivity contribution >= 4 is 24.2 Å². The summed E-state index contributed by atoms with van der Waals surface area (Å²) in [5.74, 6) is 0.627. The monoisotopic (exact) mass is 490 g/mol. The third-order valence-electron chi connectivity index (χ3n) is 4.92. The third kappa shape index (κ3) is 6.63. The fourth-order valence-electron chi connectivity index (χ4n) is 3.16. The largest absolute Gasteiger partial charge is 0.493 e. The van der Waals surface area contributed by atoms with Crippen molar-refractivity contribution in [3.8, 4) is 28.7 Å². The van der Waals surface area contributed by atoms with Crippen LogP contribution >= 0.6 is 0 Å². The van der Waals surface area contributed by atoms with Gasteiger partial charge in [0, 0.05) is 11.6 Å². The molecule has 3 rings (SSSR count). The van der Waals surface area contributed by atoms with Gasteiger partial charge in [-0.05, 0) is 47.5 Å². The van der Waals surface area contributed by atoms with Crippen molar-refractivity contribution in [3.63, 3.8) is 0 Å². The number of nitrogens with zero attached hydrogens (tertiary/aromatic N) is 1. The molecule has 3 aromatic carbocycles. The van der Waals surface area contributed by atoms with E-state index in [0.717, 1.165) is 5.56 Å². The number of carbonyl (C=O) groups is 2. The van der Waals surface area contributed by atoms with Gasteiger partial charge in [-0.3, -0.25) is 4.79 Å². The molecule has 0 unspecified atom stereocenters. The van der Waals surface area contributed by atoms with Crippen LogP contribution in [0.4, 0.5) is 0 Å². The smallest absolute Gasteiger partial charge is 0.336 e. The fourth-order valence-corrected chi connectivity index (χ4v) is 3.16. The number of hydrogen-bond donors (Lipinski definition) is 1. The zero-order valence-electron chi connectivity index (χ0n) is 20.3. The summed E-state index contributed by atoms with van der Waals surface area (Å²) in [7, 11) is 5.86. The Morgan fingerprint density at radius 3 is 2.03 bits per heavy atom. The Labute approximate surface area is 208 Å². The van der Waals surface area contributed by atoms with Gasteiger partial charge in [-0.2, -0.15) is 5.10 Å². The van der Waals surface area contributed by atoms with Gasteiger partial charge in [-0.25, -0.2) is 10.2 Å². The Kier molecular flexibility index (Phi) is 9.05. The zero-order chi connectivity index (χ0) is 25.9. The SMILES string of the molecule is COc1cc(C=NNC(=O)c2cc(OC)c(OC)c(OC)c2)ccc1OC(=O)C=Cc1ccccc1. The Balaban J connectivity index is 1.67. The lowest BCUT2D eigenvalue weighted by molar-refractivity contribution is -0.129. The molecular weight excluding hydrogens is 464 g/mol. The highest BCUT2D eigenvalue weighted by Gasteiger charge is 2.16. The van der Waals surface area contributed by atoms with Crippen LogP contribution in [0.25, 0.3) is 6.08 Å². The Morgan fingerprint density at radius 1 is 0.750 bits per heavy atom. The van der Waals surface area contributed by atoms with Crippen LogP contribution in [0.3, 0.4) is 0 Å². The highest BCUT2D eigenvalue weighted by molar-refractivity contribution is 5.96. The molecule has 0 atom stereocenters. The Morgan fingerprint density at radius 2 is 1.42 bits per heavy atom. The molecule has 0 spiro atoms. The van der Waals surface area contributed by atoms with Gasteiger partial charge < -0.3 is 23.7 Å². The lowest BCUT2D eigenvalue weighted by Crippen LogP contribution is -2.18. The molecule has 0 aliphatic carbocycles. The maximum atomic E-state index is 12.6. The molecule has 0 saturated carbocycles. The minimum atomic E-state index is -0.545. The maximum Gasteiger partial charge on any atom is 0.336 e. The van der Waals surface area contributed by atoms with Gasteiger partial charge in [0.1, 0.15) is 0 Å². The van der Waals surface area contributed by atoms with Gasteiger partial charge in [0.05, 0.1) is 34.7 Å². The molecule has 1 N–H and O–H groups in total. The third-order valence-corrected chi connectivity index (χ3v) is 4.92. The molecular formula is C27H26N2O7. The van der Waals surface area contributed by atoms with Crippen molar-refractivity contribution in [1.29, 1.82) is 0 Å². The van der Waals surface area contributed by atoms with E-state index in [1.54, 1.807) is 24.3 Å². The van der Waals surface area contributed by atoms with Gasteiger partial charge in [-0.15, -0.1) is 0 Å². The van der Waals surface area contributed by atoms with E-state index in [1.807, 2.05) is 30.3 Å². The molecule has 0 aromatic heterocycles. The molecule has 0 bridgehead atoms. The number of nitrogens with one attached hydrogen (secondary N) is 1. The van der Waals surface area contributed by atoms with Crippen LogP contribution in [0.1, 0.15) is 21.5 Å². The molecule has 0 heterocycles. The van der Waals surface area contributed by atoms with E-state index in [-0.39, 0.29) is 11.3 Å². The normalized spacial score (nSPS) is 10.8. The number of amides is 1. The summed E-state index contributed by atoms with van der Waals surface area (Å²) in [5, 5.41) is 3.99. The predicted molar refractivity (Wildman–Crippen MR) is 135 cm³/mol. The summed E-state index contributed by atoms with van der Waals surface area (Å²) in [6.45, 7) is 0. The molecule has 1 amide bonds. The van der Waals surface area contributed by atoms with Crippen LogP contribution in [0.2, 0.25) is 0 Å². The molecule has 0 aliphatic rings. The maximum absolute atomic E-state index is 12.6. The first-order valence-electron chi connectivity index (χ1n) is 10.8.